The van der Waals surface area contributed by atoms with Crippen molar-refractivity contribution < 1.29 is 9.13 Å². The number of halogens is 1. The number of nitrogens with zero attached hydrogens (tertiary/aromatic N) is 2. The van der Waals surface area contributed by atoms with Gasteiger partial charge in [0.05, 0.1) is 12.5 Å². The zero-order valence-corrected chi connectivity index (χ0v) is 14.4. The number of para-hydroxylation sites is 1. The third-order valence-corrected chi connectivity index (χ3v) is 4.11. The minimum Gasteiger partial charge on any atom is -0.496 e. The largest absolute Gasteiger partial charge is 0.496 e. The van der Waals surface area contributed by atoms with Crippen LogP contribution in [0, 0.1) is 5.82 Å². The highest BCUT2D eigenvalue weighted by molar-refractivity contribution is 5.94. The molecule has 0 saturated carbocycles. The van der Waals surface area contributed by atoms with Crippen molar-refractivity contribution in [3.8, 4) is 16.9 Å². The maximum absolute atomic E-state index is 13.0. The van der Waals surface area contributed by atoms with Crippen molar-refractivity contribution in [2.75, 3.05) is 12.4 Å². The standard InChI is InChI=1S/C20H15FN4O2/c1-27-16-5-3-2-4-14(16)15-10-11-22-18-17(15)19(26)25-20(24-18)23-13-8-6-12(21)7-9-13/h2-11H,1H3,(H2,22,23,24,25,26). The normalized spacial score (nSPS) is 10.7. The lowest BCUT2D eigenvalue weighted by Gasteiger charge is -2.11. The highest BCUT2D eigenvalue weighted by Crippen LogP contribution is 2.32. The molecule has 0 amide bonds. The fourth-order valence-electron chi connectivity index (χ4n) is 2.88. The van der Waals surface area contributed by atoms with Gasteiger partial charge in [-0.25, -0.2) is 9.37 Å². The molecule has 2 aromatic heterocycles. The number of benzene rings is 2. The minimum absolute atomic E-state index is 0.226. The molecule has 0 aliphatic heterocycles. The van der Waals surface area contributed by atoms with E-state index in [9.17, 15) is 9.18 Å². The van der Waals surface area contributed by atoms with E-state index in [2.05, 4.69) is 20.3 Å². The number of anilines is 2. The molecule has 0 fully saturated rings. The van der Waals surface area contributed by atoms with Crippen LogP contribution in [0.15, 0.2) is 65.6 Å². The predicted molar refractivity (Wildman–Crippen MR) is 102 cm³/mol. The Hall–Kier alpha value is -3.74. The van der Waals surface area contributed by atoms with Crippen molar-refractivity contribution in [3.63, 3.8) is 0 Å². The van der Waals surface area contributed by atoms with Crippen LogP contribution in [0.5, 0.6) is 5.75 Å². The van der Waals surface area contributed by atoms with Gasteiger partial charge in [0, 0.05) is 23.0 Å². The van der Waals surface area contributed by atoms with Crippen molar-refractivity contribution in [1.82, 2.24) is 15.0 Å². The predicted octanol–water partition coefficient (Wildman–Crippen LogP) is 3.88. The van der Waals surface area contributed by atoms with Gasteiger partial charge in [-0.15, -0.1) is 0 Å². The van der Waals surface area contributed by atoms with E-state index in [1.54, 1.807) is 31.5 Å². The molecule has 0 radical (unpaired) electrons. The first-order valence-corrected chi connectivity index (χ1v) is 8.21. The maximum atomic E-state index is 13.0. The highest BCUT2D eigenvalue weighted by Gasteiger charge is 2.14. The molecule has 2 N–H and O–H groups in total. The smallest absolute Gasteiger partial charge is 0.262 e. The second-order valence-corrected chi connectivity index (χ2v) is 5.80. The quantitative estimate of drug-likeness (QED) is 0.576. The van der Waals surface area contributed by atoms with Gasteiger partial charge in [0.15, 0.2) is 5.65 Å². The third kappa shape index (κ3) is 3.22. The molecule has 4 rings (SSSR count). The first-order valence-electron chi connectivity index (χ1n) is 8.21. The van der Waals surface area contributed by atoms with Gasteiger partial charge >= 0.3 is 0 Å². The third-order valence-electron chi connectivity index (χ3n) is 4.11. The average molecular weight is 362 g/mol. The zero-order chi connectivity index (χ0) is 18.8. The number of ether oxygens (including phenoxy) is 1. The SMILES string of the molecule is COc1ccccc1-c1ccnc2nc(Nc3ccc(F)cc3)[nH]c(=O)c12. The van der Waals surface area contributed by atoms with Crippen LogP contribution < -0.4 is 15.6 Å². The number of hydrogen-bond acceptors (Lipinski definition) is 5. The molecule has 2 aromatic carbocycles. The summed E-state index contributed by atoms with van der Waals surface area (Å²) in [4.78, 5) is 24.1. The number of pyridine rings is 1. The fraction of sp³-hybridized carbons (Fsp3) is 0.0500. The van der Waals surface area contributed by atoms with Crippen LogP contribution in [-0.2, 0) is 0 Å². The summed E-state index contributed by atoms with van der Waals surface area (Å²) >= 11 is 0. The Balaban J connectivity index is 1.83. The first-order chi connectivity index (χ1) is 13.2. The summed E-state index contributed by atoms with van der Waals surface area (Å²) in [5, 5.41) is 3.32. The van der Waals surface area contributed by atoms with Crippen molar-refractivity contribution in [2.24, 2.45) is 0 Å². The van der Waals surface area contributed by atoms with Crippen LogP contribution in [0.1, 0.15) is 0 Å². The highest BCUT2D eigenvalue weighted by atomic mass is 19.1. The van der Waals surface area contributed by atoms with Crippen LogP contribution >= 0.6 is 0 Å². The van der Waals surface area contributed by atoms with Crippen LogP contribution in [-0.4, -0.2) is 22.1 Å². The molecule has 0 bridgehead atoms. The Morgan fingerprint density at radius 3 is 2.59 bits per heavy atom. The summed E-state index contributed by atoms with van der Waals surface area (Å²) in [5.41, 5.74) is 2.02. The van der Waals surface area contributed by atoms with Crippen LogP contribution in [0.4, 0.5) is 16.0 Å². The molecule has 0 atom stereocenters. The Morgan fingerprint density at radius 2 is 1.81 bits per heavy atom. The van der Waals surface area contributed by atoms with E-state index in [1.165, 1.54) is 12.1 Å². The van der Waals surface area contributed by atoms with E-state index in [0.717, 1.165) is 5.56 Å². The lowest BCUT2D eigenvalue weighted by Crippen LogP contribution is -2.13. The van der Waals surface area contributed by atoms with E-state index in [4.69, 9.17) is 4.74 Å². The lowest BCUT2D eigenvalue weighted by molar-refractivity contribution is 0.416. The Labute approximate surface area is 153 Å². The van der Waals surface area contributed by atoms with Gasteiger partial charge in [0.25, 0.3) is 5.56 Å². The van der Waals surface area contributed by atoms with Crippen LogP contribution in [0.25, 0.3) is 22.2 Å². The topological polar surface area (TPSA) is 79.9 Å². The summed E-state index contributed by atoms with van der Waals surface area (Å²) in [7, 11) is 1.58. The van der Waals surface area contributed by atoms with Crippen LogP contribution in [0.3, 0.4) is 0 Å². The van der Waals surface area contributed by atoms with Gasteiger partial charge in [-0.2, -0.15) is 4.98 Å². The summed E-state index contributed by atoms with van der Waals surface area (Å²) in [6.45, 7) is 0. The van der Waals surface area contributed by atoms with Crippen molar-refractivity contribution in [2.45, 2.75) is 0 Å². The number of fused-ring (bicyclic) bond motifs is 1. The van der Waals surface area contributed by atoms with Gasteiger partial charge in [-0.05, 0) is 36.4 Å². The molecule has 6 nitrogen and oxygen atoms in total. The van der Waals surface area contributed by atoms with Gasteiger partial charge in [0.2, 0.25) is 5.95 Å². The number of nitrogens with one attached hydrogen (secondary N) is 2. The van der Waals surface area contributed by atoms with Gasteiger partial charge in [-0.3, -0.25) is 9.78 Å². The van der Waals surface area contributed by atoms with E-state index in [1.807, 2.05) is 24.3 Å². The number of aromatic amines is 1. The number of rotatable bonds is 4. The molecule has 27 heavy (non-hydrogen) atoms. The Kier molecular flexibility index (Phi) is 4.25. The van der Waals surface area contributed by atoms with Gasteiger partial charge < -0.3 is 10.1 Å². The molecular weight excluding hydrogens is 347 g/mol. The average Bonchev–Trinajstić information content (AvgIpc) is 2.69. The molecule has 4 aromatic rings. The number of aromatic nitrogens is 3. The second-order valence-electron chi connectivity index (χ2n) is 5.80. The number of hydrogen-bond donors (Lipinski definition) is 2. The van der Waals surface area contributed by atoms with Gasteiger partial charge in [0.1, 0.15) is 11.6 Å². The molecule has 0 spiro atoms. The Bertz CT molecular complexity index is 1170. The number of H-pyrrole nitrogens is 1. The van der Waals surface area contributed by atoms with E-state index in [-0.39, 0.29) is 17.3 Å². The molecule has 0 aliphatic carbocycles. The second kappa shape index (κ2) is 6.87. The summed E-state index contributed by atoms with van der Waals surface area (Å²) in [6, 6.07) is 14.9. The maximum Gasteiger partial charge on any atom is 0.262 e. The van der Waals surface area contributed by atoms with Crippen molar-refractivity contribution in [3.05, 3.63) is 77.0 Å². The fourth-order valence-corrected chi connectivity index (χ4v) is 2.88. The summed E-state index contributed by atoms with van der Waals surface area (Å²) < 4.78 is 18.4. The van der Waals surface area contributed by atoms with E-state index < -0.39 is 0 Å². The summed E-state index contributed by atoms with van der Waals surface area (Å²) in [5.74, 6) is 0.533. The zero-order valence-electron chi connectivity index (χ0n) is 14.4. The molecule has 0 aliphatic rings. The molecular formula is C20H15FN4O2. The van der Waals surface area contributed by atoms with E-state index in [0.29, 0.717) is 28.0 Å². The Morgan fingerprint density at radius 1 is 1.04 bits per heavy atom. The monoisotopic (exact) mass is 362 g/mol. The molecule has 0 unspecified atom stereocenters. The summed E-state index contributed by atoms with van der Waals surface area (Å²) in [6.07, 6.45) is 1.60. The van der Waals surface area contributed by atoms with Gasteiger partial charge in [-0.1, -0.05) is 18.2 Å². The molecule has 2 heterocycles. The van der Waals surface area contributed by atoms with Crippen molar-refractivity contribution >= 4 is 22.7 Å². The minimum atomic E-state index is -0.344. The number of methoxy groups -OCH3 is 1. The first kappa shape index (κ1) is 16.7. The molecule has 0 saturated heterocycles. The van der Waals surface area contributed by atoms with Crippen LogP contribution in [0.2, 0.25) is 0 Å². The molecule has 134 valence electrons. The van der Waals surface area contributed by atoms with E-state index >= 15 is 0 Å². The van der Waals surface area contributed by atoms with Crippen molar-refractivity contribution in [1.29, 1.82) is 0 Å². The lowest BCUT2D eigenvalue weighted by atomic mass is 10.0. The molecule has 7 heteroatoms.